The van der Waals surface area contributed by atoms with E-state index in [0.717, 1.165) is 22.6 Å². The molecule has 5 nitrogen and oxygen atoms in total. The van der Waals surface area contributed by atoms with Crippen LogP contribution >= 0.6 is 0 Å². The molecule has 2 aromatic rings. The van der Waals surface area contributed by atoms with E-state index in [9.17, 15) is 4.79 Å². The highest BCUT2D eigenvalue weighted by atomic mass is 16.1. The lowest BCUT2D eigenvalue weighted by Crippen LogP contribution is -2.10. The molecule has 0 bridgehead atoms. The monoisotopic (exact) mass is 270 g/mol. The molecule has 0 aliphatic carbocycles. The standard InChI is InChI=1S/C15H18N4O/c1-3-15(20)19-12-5-4-11(2)14(8-12)18-10-13-9-16-6-7-17-13/h4-9,18H,3,10H2,1-2H3,(H,19,20). The van der Waals surface area contributed by atoms with Crippen molar-refractivity contribution in [2.24, 2.45) is 0 Å². The number of rotatable bonds is 5. The number of hydrogen-bond acceptors (Lipinski definition) is 4. The molecule has 1 aromatic carbocycles. The van der Waals surface area contributed by atoms with Gasteiger partial charge in [0.05, 0.1) is 18.4 Å². The van der Waals surface area contributed by atoms with Crippen molar-refractivity contribution in [3.63, 3.8) is 0 Å². The maximum Gasteiger partial charge on any atom is 0.224 e. The highest BCUT2D eigenvalue weighted by Crippen LogP contribution is 2.20. The molecule has 1 aromatic heterocycles. The molecule has 2 N–H and O–H groups in total. The fourth-order valence-corrected chi connectivity index (χ4v) is 1.75. The van der Waals surface area contributed by atoms with Crippen molar-refractivity contribution in [1.29, 1.82) is 0 Å². The van der Waals surface area contributed by atoms with Gasteiger partial charge in [-0.05, 0) is 24.6 Å². The van der Waals surface area contributed by atoms with Gasteiger partial charge in [0.25, 0.3) is 0 Å². The van der Waals surface area contributed by atoms with Gasteiger partial charge in [0.2, 0.25) is 5.91 Å². The first-order chi connectivity index (χ1) is 9.69. The third kappa shape index (κ3) is 3.78. The Morgan fingerprint density at radius 3 is 2.85 bits per heavy atom. The Balaban J connectivity index is 2.06. The minimum Gasteiger partial charge on any atom is -0.379 e. The van der Waals surface area contributed by atoms with Gasteiger partial charge in [0, 0.05) is 30.2 Å². The molecule has 5 heteroatoms. The van der Waals surface area contributed by atoms with E-state index in [0.29, 0.717) is 13.0 Å². The molecule has 1 amide bonds. The number of aromatic nitrogens is 2. The van der Waals surface area contributed by atoms with Gasteiger partial charge in [-0.25, -0.2) is 0 Å². The zero-order valence-electron chi connectivity index (χ0n) is 11.7. The summed E-state index contributed by atoms with van der Waals surface area (Å²) in [7, 11) is 0. The SMILES string of the molecule is CCC(=O)Nc1ccc(C)c(NCc2cnccn2)c1. The highest BCUT2D eigenvalue weighted by molar-refractivity contribution is 5.91. The van der Waals surface area contributed by atoms with Crippen molar-refractivity contribution in [3.05, 3.63) is 48.0 Å². The lowest BCUT2D eigenvalue weighted by molar-refractivity contribution is -0.115. The van der Waals surface area contributed by atoms with Crippen LogP contribution < -0.4 is 10.6 Å². The number of nitrogens with zero attached hydrogens (tertiary/aromatic N) is 2. The number of nitrogens with one attached hydrogen (secondary N) is 2. The Labute approximate surface area is 118 Å². The zero-order valence-corrected chi connectivity index (χ0v) is 11.7. The molecule has 2 rings (SSSR count). The number of hydrogen-bond donors (Lipinski definition) is 2. The van der Waals surface area contributed by atoms with Gasteiger partial charge < -0.3 is 10.6 Å². The van der Waals surface area contributed by atoms with Crippen molar-refractivity contribution in [2.45, 2.75) is 26.8 Å². The lowest BCUT2D eigenvalue weighted by Gasteiger charge is -2.11. The molecule has 0 unspecified atom stereocenters. The molecular weight excluding hydrogens is 252 g/mol. The number of amides is 1. The molecule has 0 atom stereocenters. The molecule has 0 aliphatic rings. The molecule has 0 saturated carbocycles. The van der Waals surface area contributed by atoms with Crippen LogP contribution in [0, 0.1) is 6.92 Å². The van der Waals surface area contributed by atoms with Crippen LogP contribution in [0.25, 0.3) is 0 Å². The fraction of sp³-hybridized carbons (Fsp3) is 0.267. The smallest absolute Gasteiger partial charge is 0.224 e. The van der Waals surface area contributed by atoms with Crippen molar-refractivity contribution < 1.29 is 4.79 Å². The summed E-state index contributed by atoms with van der Waals surface area (Å²) in [6.45, 7) is 4.45. The summed E-state index contributed by atoms with van der Waals surface area (Å²) in [6.07, 6.45) is 5.51. The zero-order chi connectivity index (χ0) is 14.4. The predicted molar refractivity (Wildman–Crippen MR) is 79.5 cm³/mol. The topological polar surface area (TPSA) is 66.9 Å². The van der Waals surface area contributed by atoms with Gasteiger partial charge in [0.1, 0.15) is 0 Å². The van der Waals surface area contributed by atoms with Gasteiger partial charge in [-0.2, -0.15) is 0 Å². The average Bonchev–Trinajstić information content (AvgIpc) is 2.48. The van der Waals surface area contributed by atoms with Gasteiger partial charge in [-0.3, -0.25) is 14.8 Å². The third-order valence-corrected chi connectivity index (χ3v) is 2.92. The molecule has 0 fully saturated rings. The number of aryl methyl sites for hydroxylation is 1. The quantitative estimate of drug-likeness (QED) is 0.876. The van der Waals surface area contributed by atoms with E-state index >= 15 is 0 Å². The van der Waals surface area contributed by atoms with Crippen molar-refractivity contribution in [1.82, 2.24) is 9.97 Å². The van der Waals surface area contributed by atoms with Crippen molar-refractivity contribution >= 4 is 17.3 Å². The van der Waals surface area contributed by atoms with Crippen molar-refractivity contribution in [2.75, 3.05) is 10.6 Å². The average molecular weight is 270 g/mol. The first-order valence-corrected chi connectivity index (χ1v) is 6.58. The second-order valence-electron chi connectivity index (χ2n) is 4.48. The first-order valence-electron chi connectivity index (χ1n) is 6.58. The van der Waals surface area contributed by atoms with E-state index < -0.39 is 0 Å². The second kappa shape index (κ2) is 6.65. The molecular formula is C15H18N4O. The molecule has 0 saturated heterocycles. The second-order valence-corrected chi connectivity index (χ2v) is 4.48. The van der Waals surface area contributed by atoms with E-state index in [1.165, 1.54) is 0 Å². The summed E-state index contributed by atoms with van der Waals surface area (Å²) in [5.74, 6) is 0.00808. The minimum atomic E-state index is 0.00808. The lowest BCUT2D eigenvalue weighted by atomic mass is 10.1. The van der Waals surface area contributed by atoms with E-state index in [1.54, 1.807) is 18.6 Å². The van der Waals surface area contributed by atoms with E-state index in [-0.39, 0.29) is 5.91 Å². The molecule has 20 heavy (non-hydrogen) atoms. The summed E-state index contributed by atoms with van der Waals surface area (Å²) in [6, 6.07) is 5.81. The van der Waals surface area contributed by atoms with Gasteiger partial charge in [0.15, 0.2) is 0 Å². The highest BCUT2D eigenvalue weighted by Gasteiger charge is 2.03. The van der Waals surface area contributed by atoms with Gasteiger partial charge in [-0.15, -0.1) is 0 Å². The molecule has 1 heterocycles. The summed E-state index contributed by atoms with van der Waals surface area (Å²) in [4.78, 5) is 19.6. The maximum atomic E-state index is 11.4. The van der Waals surface area contributed by atoms with Gasteiger partial charge >= 0.3 is 0 Å². The summed E-state index contributed by atoms with van der Waals surface area (Å²) in [5.41, 5.74) is 3.76. The summed E-state index contributed by atoms with van der Waals surface area (Å²) >= 11 is 0. The Morgan fingerprint density at radius 2 is 2.15 bits per heavy atom. The predicted octanol–water partition coefficient (Wildman–Crippen LogP) is 2.75. The van der Waals surface area contributed by atoms with Crippen molar-refractivity contribution in [3.8, 4) is 0 Å². The normalized spacial score (nSPS) is 10.1. The van der Waals surface area contributed by atoms with Crippen LogP contribution in [0.5, 0.6) is 0 Å². The minimum absolute atomic E-state index is 0.00808. The molecule has 0 spiro atoms. The Bertz CT molecular complexity index is 584. The fourth-order valence-electron chi connectivity index (χ4n) is 1.75. The molecule has 0 radical (unpaired) electrons. The Kier molecular flexibility index (Phi) is 4.65. The molecule has 0 aliphatic heterocycles. The van der Waals surface area contributed by atoms with Crippen LogP contribution in [0.1, 0.15) is 24.6 Å². The molecule has 104 valence electrons. The number of carbonyl (C=O) groups excluding carboxylic acids is 1. The van der Waals surface area contributed by atoms with Crippen LogP contribution in [0.2, 0.25) is 0 Å². The van der Waals surface area contributed by atoms with Crippen LogP contribution in [0.15, 0.2) is 36.8 Å². The van der Waals surface area contributed by atoms with E-state index in [1.807, 2.05) is 32.0 Å². The Morgan fingerprint density at radius 1 is 1.30 bits per heavy atom. The van der Waals surface area contributed by atoms with Crippen LogP contribution in [-0.2, 0) is 11.3 Å². The van der Waals surface area contributed by atoms with E-state index in [2.05, 4.69) is 20.6 Å². The van der Waals surface area contributed by atoms with E-state index in [4.69, 9.17) is 0 Å². The van der Waals surface area contributed by atoms with Crippen LogP contribution in [-0.4, -0.2) is 15.9 Å². The van der Waals surface area contributed by atoms with Crippen LogP contribution in [0.4, 0.5) is 11.4 Å². The largest absolute Gasteiger partial charge is 0.379 e. The first kappa shape index (κ1) is 14.0. The third-order valence-electron chi connectivity index (χ3n) is 2.92. The number of carbonyl (C=O) groups is 1. The van der Waals surface area contributed by atoms with Crippen LogP contribution in [0.3, 0.4) is 0 Å². The Hall–Kier alpha value is -2.43. The number of benzene rings is 1. The summed E-state index contributed by atoms with van der Waals surface area (Å²) < 4.78 is 0. The van der Waals surface area contributed by atoms with Gasteiger partial charge in [-0.1, -0.05) is 13.0 Å². The summed E-state index contributed by atoms with van der Waals surface area (Å²) in [5, 5.41) is 6.16. The maximum absolute atomic E-state index is 11.4. The number of anilines is 2.